The van der Waals surface area contributed by atoms with Crippen molar-refractivity contribution in [2.24, 2.45) is 0 Å². The number of carbonyl (C=O) groups is 1. The molecule has 0 aliphatic rings. The van der Waals surface area contributed by atoms with Crippen LogP contribution in [0.1, 0.15) is 18.9 Å². The number of benzene rings is 2. The molecule has 0 bridgehead atoms. The maximum Gasteiger partial charge on any atom is 0.262 e. The van der Waals surface area contributed by atoms with Gasteiger partial charge in [-0.3, -0.25) is 18.6 Å². The number of aromatic nitrogens is 4. The highest BCUT2D eigenvalue weighted by Crippen LogP contribution is 2.21. The van der Waals surface area contributed by atoms with Gasteiger partial charge in [-0.05, 0) is 42.7 Å². The van der Waals surface area contributed by atoms with Gasteiger partial charge in [-0.2, -0.15) is 0 Å². The summed E-state index contributed by atoms with van der Waals surface area (Å²) in [6.45, 7) is 3.00. The lowest BCUT2D eigenvalue weighted by Gasteiger charge is -2.10. The van der Waals surface area contributed by atoms with E-state index in [1.165, 1.54) is 23.9 Å². The zero-order valence-electron chi connectivity index (χ0n) is 17.0. The molecule has 7 nitrogen and oxygen atoms in total. The minimum absolute atomic E-state index is 0.0903. The fourth-order valence-electron chi connectivity index (χ4n) is 3.43. The highest BCUT2D eigenvalue weighted by molar-refractivity contribution is 7.99. The first kappa shape index (κ1) is 21.0. The molecule has 0 fully saturated rings. The number of amides is 1. The first-order valence-electron chi connectivity index (χ1n) is 10.1. The number of hydrogen-bond donors (Lipinski definition) is 1. The Balaban J connectivity index is 1.49. The molecule has 0 unspecified atom stereocenters. The Morgan fingerprint density at radius 1 is 1.13 bits per heavy atom. The van der Waals surface area contributed by atoms with Crippen LogP contribution in [0.4, 0.5) is 4.39 Å². The van der Waals surface area contributed by atoms with Gasteiger partial charge >= 0.3 is 0 Å². The van der Waals surface area contributed by atoms with Gasteiger partial charge in [0.1, 0.15) is 5.82 Å². The van der Waals surface area contributed by atoms with Crippen molar-refractivity contribution < 1.29 is 9.18 Å². The van der Waals surface area contributed by atoms with Crippen LogP contribution in [0.2, 0.25) is 0 Å². The summed E-state index contributed by atoms with van der Waals surface area (Å²) in [6.07, 6.45) is 1.41. The molecule has 1 amide bonds. The molecule has 0 aliphatic heterocycles. The third-order valence-electron chi connectivity index (χ3n) is 4.91. The van der Waals surface area contributed by atoms with Crippen LogP contribution >= 0.6 is 11.8 Å². The second-order valence-corrected chi connectivity index (χ2v) is 8.05. The lowest BCUT2D eigenvalue weighted by atomic mass is 10.1. The van der Waals surface area contributed by atoms with Gasteiger partial charge < -0.3 is 5.32 Å². The van der Waals surface area contributed by atoms with Crippen molar-refractivity contribution in [2.75, 3.05) is 12.3 Å². The van der Waals surface area contributed by atoms with Crippen LogP contribution in [0.5, 0.6) is 0 Å². The molecule has 4 aromatic rings. The van der Waals surface area contributed by atoms with E-state index < -0.39 is 0 Å². The van der Waals surface area contributed by atoms with Crippen molar-refractivity contribution in [1.82, 2.24) is 24.5 Å². The van der Waals surface area contributed by atoms with Crippen LogP contribution in [0, 0.1) is 5.82 Å². The Labute approximate surface area is 182 Å². The molecule has 0 spiro atoms. The number of thioether (sulfide) groups is 1. The van der Waals surface area contributed by atoms with Gasteiger partial charge in [0.15, 0.2) is 5.16 Å². The SMILES string of the molecule is CCCn1c(=O)c2ccccc2n2c(SCC(=O)NCCc3ccc(F)cc3)nnc12. The average molecular weight is 440 g/mol. The van der Waals surface area contributed by atoms with Crippen molar-refractivity contribution >= 4 is 34.3 Å². The van der Waals surface area contributed by atoms with Crippen LogP contribution in [0.3, 0.4) is 0 Å². The van der Waals surface area contributed by atoms with Gasteiger partial charge in [-0.25, -0.2) is 4.39 Å². The zero-order chi connectivity index (χ0) is 21.8. The van der Waals surface area contributed by atoms with E-state index in [2.05, 4.69) is 15.5 Å². The Bertz CT molecular complexity index is 1280. The minimum Gasteiger partial charge on any atom is -0.355 e. The minimum atomic E-state index is -0.276. The summed E-state index contributed by atoms with van der Waals surface area (Å²) in [5.41, 5.74) is 1.59. The molecular formula is C22H22FN5O2S. The Kier molecular flexibility index (Phi) is 6.31. The number of nitrogens with zero attached hydrogens (tertiary/aromatic N) is 4. The largest absolute Gasteiger partial charge is 0.355 e. The molecule has 1 N–H and O–H groups in total. The lowest BCUT2D eigenvalue weighted by Crippen LogP contribution is -2.27. The summed E-state index contributed by atoms with van der Waals surface area (Å²) in [7, 11) is 0. The van der Waals surface area contributed by atoms with Crippen molar-refractivity contribution in [3.8, 4) is 0 Å². The fourth-order valence-corrected chi connectivity index (χ4v) is 4.20. The lowest BCUT2D eigenvalue weighted by molar-refractivity contribution is -0.118. The van der Waals surface area contributed by atoms with Crippen molar-refractivity contribution in [1.29, 1.82) is 0 Å². The van der Waals surface area contributed by atoms with E-state index >= 15 is 0 Å². The summed E-state index contributed by atoms with van der Waals surface area (Å²) < 4.78 is 16.4. The molecule has 4 rings (SSSR count). The van der Waals surface area contributed by atoms with Gasteiger partial charge in [0.25, 0.3) is 5.56 Å². The van der Waals surface area contributed by atoms with Gasteiger partial charge in [0, 0.05) is 13.1 Å². The summed E-state index contributed by atoms with van der Waals surface area (Å²) in [5.74, 6) is 0.243. The number of aryl methyl sites for hydroxylation is 1. The van der Waals surface area contributed by atoms with Crippen LogP contribution in [0.25, 0.3) is 16.7 Å². The summed E-state index contributed by atoms with van der Waals surface area (Å²) >= 11 is 1.27. The fraction of sp³-hybridized carbons (Fsp3) is 0.273. The third-order valence-corrected chi connectivity index (χ3v) is 5.84. The molecule has 0 aliphatic carbocycles. The predicted molar refractivity (Wildman–Crippen MR) is 119 cm³/mol. The van der Waals surface area contributed by atoms with E-state index in [4.69, 9.17) is 0 Å². The number of fused-ring (bicyclic) bond motifs is 3. The van der Waals surface area contributed by atoms with Crippen molar-refractivity contribution in [2.45, 2.75) is 31.5 Å². The number of carbonyl (C=O) groups excluding carboxylic acids is 1. The predicted octanol–water partition coefficient (Wildman–Crippen LogP) is 3.04. The highest BCUT2D eigenvalue weighted by atomic mass is 32.2. The van der Waals surface area contributed by atoms with E-state index in [9.17, 15) is 14.0 Å². The molecular weight excluding hydrogens is 417 g/mol. The number of para-hydroxylation sites is 1. The third kappa shape index (κ3) is 4.46. The first-order valence-corrected chi connectivity index (χ1v) is 11.1. The number of rotatable bonds is 8. The highest BCUT2D eigenvalue weighted by Gasteiger charge is 2.17. The normalized spacial score (nSPS) is 11.3. The van der Waals surface area contributed by atoms with E-state index in [0.717, 1.165) is 17.5 Å². The van der Waals surface area contributed by atoms with Gasteiger partial charge in [0.05, 0.1) is 16.7 Å². The van der Waals surface area contributed by atoms with Crippen molar-refractivity contribution in [3.63, 3.8) is 0 Å². The standard InChI is InChI=1S/C22H22FN5O2S/c1-2-13-27-20(30)17-5-3-4-6-18(17)28-21(27)25-26-22(28)31-14-19(29)24-12-11-15-7-9-16(23)10-8-15/h3-10H,2,11-14H2,1H3,(H,24,29). The smallest absolute Gasteiger partial charge is 0.262 e. The topological polar surface area (TPSA) is 81.3 Å². The van der Waals surface area contributed by atoms with Gasteiger partial charge in [0.2, 0.25) is 11.7 Å². The summed E-state index contributed by atoms with van der Waals surface area (Å²) in [6, 6.07) is 13.6. The quantitative estimate of drug-likeness (QED) is 0.427. The Morgan fingerprint density at radius 2 is 1.90 bits per heavy atom. The van der Waals surface area contributed by atoms with Crippen molar-refractivity contribution in [3.05, 3.63) is 70.3 Å². The molecule has 0 saturated heterocycles. The van der Waals surface area contributed by atoms with E-state index in [1.54, 1.807) is 22.8 Å². The molecule has 9 heteroatoms. The molecule has 0 atom stereocenters. The Hall–Kier alpha value is -3.20. The molecule has 0 saturated carbocycles. The van der Waals surface area contributed by atoms with Crippen LogP contribution in [-0.2, 0) is 17.8 Å². The van der Waals surface area contributed by atoms with E-state index in [-0.39, 0.29) is 23.0 Å². The molecule has 31 heavy (non-hydrogen) atoms. The monoisotopic (exact) mass is 439 g/mol. The Morgan fingerprint density at radius 3 is 2.68 bits per heavy atom. The molecule has 0 radical (unpaired) electrons. The summed E-state index contributed by atoms with van der Waals surface area (Å²) in [5, 5.41) is 12.5. The molecule has 160 valence electrons. The maximum atomic E-state index is 13.0. The number of hydrogen-bond acceptors (Lipinski definition) is 5. The summed E-state index contributed by atoms with van der Waals surface area (Å²) in [4.78, 5) is 25.2. The first-order chi connectivity index (χ1) is 15.1. The van der Waals surface area contributed by atoms with Gasteiger partial charge in [-0.15, -0.1) is 10.2 Å². The van der Waals surface area contributed by atoms with Crippen LogP contribution in [-0.4, -0.2) is 37.4 Å². The second-order valence-electron chi connectivity index (χ2n) is 7.11. The van der Waals surface area contributed by atoms with E-state index in [0.29, 0.717) is 35.8 Å². The van der Waals surface area contributed by atoms with Crippen LogP contribution < -0.4 is 10.9 Å². The van der Waals surface area contributed by atoms with Crippen LogP contribution in [0.15, 0.2) is 58.5 Å². The molecule has 2 aromatic heterocycles. The van der Waals surface area contributed by atoms with E-state index in [1.807, 2.05) is 29.5 Å². The average Bonchev–Trinajstić information content (AvgIpc) is 3.20. The molecule has 2 aromatic carbocycles. The number of nitrogens with one attached hydrogen (secondary N) is 1. The maximum absolute atomic E-state index is 13.0. The molecule has 2 heterocycles. The second kappa shape index (κ2) is 9.30. The van der Waals surface area contributed by atoms with Gasteiger partial charge in [-0.1, -0.05) is 43.0 Å². The zero-order valence-corrected chi connectivity index (χ0v) is 17.9. The number of halogens is 1.